The SMILES string of the molecule is CCC(C[O-])OC.CCC(C[O-])OC.[Ca+2]. The van der Waals surface area contributed by atoms with Crippen molar-refractivity contribution in [1.82, 2.24) is 0 Å². The maximum atomic E-state index is 9.97. The Hall–Kier alpha value is 1.10. The monoisotopic (exact) mass is 246 g/mol. The summed E-state index contributed by atoms with van der Waals surface area (Å²) in [6.07, 6.45) is 1.50. The van der Waals surface area contributed by atoms with Crippen molar-refractivity contribution in [1.29, 1.82) is 0 Å². The van der Waals surface area contributed by atoms with Crippen molar-refractivity contribution in [2.24, 2.45) is 0 Å². The first-order valence-corrected chi connectivity index (χ1v) is 4.91. The summed E-state index contributed by atoms with van der Waals surface area (Å²) in [5, 5.41) is 19.9. The number of methoxy groups -OCH3 is 2. The number of hydrogen-bond acceptors (Lipinski definition) is 4. The molecule has 0 amide bonds. The first-order chi connectivity index (χ1) is 6.69. The van der Waals surface area contributed by atoms with E-state index >= 15 is 0 Å². The molecule has 0 fully saturated rings. The van der Waals surface area contributed by atoms with Gasteiger partial charge < -0.3 is 19.7 Å². The zero-order chi connectivity index (χ0) is 11.4. The van der Waals surface area contributed by atoms with Gasteiger partial charge in [-0.2, -0.15) is 0 Å². The molecule has 0 radical (unpaired) electrons. The first-order valence-electron chi connectivity index (χ1n) is 4.91. The average molecular weight is 246 g/mol. The Morgan fingerprint density at radius 1 is 0.867 bits per heavy atom. The molecule has 0 saturated heterocycles. The molecule has 2 atom stereocenters. The van der Waals surface area contributed by atoms with Crippen molar-refractivity contribution in [3.05, 3.63) is 0 Å². The summed E-state index contributed by atoms with van der Waals surface area (Å²) in [5.74, 6) is 0. The van der Waals surface area contributed by atoms with Crippen LogP contribution in [0.4, 0.5) is 0 Å². The normalized spacial score (nSPS) is 13.2. The molecule has 0 N–H and O–H groups in total. The molecule has 0 aliphatic heterocycles. The fourth-order valence-corrected chi connectivity index (χ4v) is 0.705. The molecule has 88 valence electrons. The van der Waals surface area contributed by atoms with Gasteiger partial charge in [0.05, 0.1) is 0 Å². The molecule has 0 saturated carbocycles. The van der Waals surface area contributed by atoms with Crippen LogP contribution < -0.4 is 10.2 Å². The van der Waals surface area contributed by atoms with E-state index < -0.39 is 0 Å². The molecule has 0 aromatic heterocycles. The predicted octanol–water partition coefficient (Wildman–Crippen LogP) is -0.837. The van der Waals surface area contributed by atoms with E-state index in [0.717, 1.165) is 12.8 Å². The van der Waals surface area contributed by atoms with Gasteiger partial charge in [-0.1, -0.05) is 13.8 Å². The quantitative estimate of drug-likeness (QED) is 0.573. The summed E-state index contributed by atoms with van der Waals surface area (Å²) < 4.78 is 9.47. The molecule has 2 unspecified atom stereocenters. The summed E-state index contributed by atoms with van der Waals surface area (Å²) >= 11 is 0. The van der Waals surface area contributed by atoms with Gasteiger partial charge in [-0.05, 0) is 12.8 Å². The Kier molecular flexibility index (Phi) is 24.9. The van der Waals surface area contributed by atoms with E-state index in [4.69, 9.17) is 9.47 Å². The summed E-state index contributed by atoms with van der Waals surface area (Å²) in [5.41, 5.74) is 0. The van der Waals surface area contributed by atoms with Crippen LogP contribution >= 0.6 is 0 Å². The van der Waals surface area contributed by atoms with Crippen molar-refractivity contribution >= 4 is 37.7 Å². The minimum Gasteiger partial charge on any atom is -0.853 e. The molecule has 4 nitrogen and oxygen atoms in total. The average Bonchev–Trinajstić information content (AvgIpc) is 2.24. The van der Waals surface area contributed by atoms with Crippen LogP contribution in [0.2, 0.25) is 0 Å². The van der Waals surface area contributed by atoms with Crippen LogP contribution in [0.25, 0.3) is 0 Å². The minimum absolute atomic E-state index is 0. The van der Waals surface area contributed by atoms with Crippen LogP contribution in [0.1, 0.15) is 26.7 Å². The first kappa shape index (κ1) is 21.4. The smallest absolute Gasteiger partial charge is 0.853 e. The molecule has 0 aromatic carbocycles. The molecule has 5 heteroatoms. The van der Waals surface area contributed by atoms with Gasteiger partial charge in [0.15, 0.2) is 0 Å². The fraction of sp³-hybridized carbons (Fsp3) is 1.00. The summed E-state index contributed by atoms with van der Waals surface area (Å²) in [4.78, 5) is 0. The topological polar surface area (TPSA) is 64.6 Å². The number of rotatable bonds is 6. The molecular formula is C10H22CaO4. The second-order valence-corrected chi connectivity index (χ2v) is 2.87. The van der Waals surface area contributed by atoms with Gasteiger partial charge in [0.1, 0.15) is 0 Å². The van der Waals surface area contributed by atoms with Crippen LogP contribution in [-0.2, 0) is 9.47 Å². The molecule has 0 heterocycles. The third kappa shape index (κ3) is 15.1. The van der Waals surface area contributed by atoms with Crippen LogP contribution in [0.15, 0.2) is 0 Å². The van der Waals surface area contributed by atoms with Crippen LogP contribution in [0, 0.1) is 0 Å². The molecule has 0 aromatic rings. The van der Waals surface area contributed by atoms with Crippen LogP contribution in [-0.4, -0.2) is 77.4 Å². The van der Waals surface area contributed by atoms with E-state index in [1.54, 1.807) is 14.2 Å². The van der Waals surface area contributed by atoms with Crippen molar-refractivity contribution in [2.75, 3.05) is 27.4 Å². The van der Waals surface area contributed by atoms with Gasteiger partial charge >= 0.3 is 37.7 Å². The maximum absolute atomic E-state index is 9.97. The summed E-state index contributed by atoms with van der Waals surface area (Å²) in [6, 6.07) is 0. The molecule has 0 spiro atoms. The Labute approximate surface area is 123 Å². The fourth-order valence-electron chi connectivity index (χ4n) is 0.705. The van der Waals surface area contributed by atoms with Gasteiger partial charge in [-0.3, -0.25) is 0 Å². The molecule has 0 aliphatic carbocycles. The molecule has 0 rings (SSSR count). The van der Waals surface area contributed by atoms with Gasteiger partial charge in [0.2, 0.25) is 0 Å². The summed E-state index contributed by atoms with van der Waals surface area (Å²) in [6.45, 7) is 3.64. The van der Waals surface area contributed by atoms with Gasteiger partial charge in [-0.25, -0.2) is 0 Å². The third-order valence-corrected chi connectivity index (χ3v) is 1.95. The predicted molar refractivity (Wildman–Crippen MR) is 57.7 cm³/mol. The van der Waals surface area contributed by atoms with E-state index in [0.29, 0.717) is 0 Å². The zero-order valence-electron chi connectivity index (χ0n) is 10.3. The van der Waals surface area contributed by atoms with E-state index in [1.807, 2.05) is 13.8 Å². The largest absolute Gasteiger partial charge is 2.00 e. The van der Waals surface area contributed by atoms with Crippen LogP contribution in [0.5, 0.6) is 0 Å². The second kappa shape index (κ2) is 17.5. The third-order valence-electron chi connectivity index (χ3n) is 1.95. The van der Waals surface area contributed by atoms with Gasteiger partial charge in [0.25, 0.3) is 0 Å². The maximum Gasteiger partial charge on any atom is 2.00 e. The van der Waals surface area contributed by atoms with Crippen molar-refractivity contribution < 1.29 is 19.7 Å². The van der Waals surface area contributed by atoms with Gasteiger partial charge in [0, 0.05) is 26.4 Å². The Balaban J connectivity index is -0.000000180. The number of hydrogen-bond donors (Lipinski definition) is 0. The molecular weight excluding hydrogens is 224 g/mol. The van der Waals surface area contributed by atoms with Crippen molar-refractivity contribution in [2.45, 2.75) is 38.9 Å². The Bertz CT molecular complexity index is 72.4. The van der Waals surface area contributed by atoms with E-state index in [2.05, 4.69) is 0 Å². The van der Waals surface area contributed by atoms with Crippen LogP contribution in [0.3, 0.4) is 0 Å². The Morgan fingerprint density at radius 3 is 1.13 bits per heavy atom. The second-order valence-electron chi connectivity index (χ2n) is 2.87. The standard InChI is InChI=1S/2C5H11O2.Ca/c2*1-3-5(4-6)7-2;/h2*5H,3-4H2,1-2H3;/q2*-1;+2. The molecule has 0 bridgehead atoms. The Morgan fingerprint density at radius 2 is 1.13 bits per heavy atom. The number of ether oxygens (including phenoxy) is 2. The zero-order valence-corrected chi connectivity index (χ0v) is 12.5. The van der Waals surface area contributed by atoms with E-state index in [1.165, 1.54) is 0 Å². The van der Waals surface area contributed by atoms with Gasteiger partial charge in [-0.15, -0.1) is 13.2 Å². The van der Waals surface area contributed by atoms with Crippen molar-refractivity contribution in [3.63, 3.8) is 0 Å². The van der Waals surface area contributed by atoms with Crippen molar-refractivity contribution in [3.8, 4) is 0 Å². The molecule has 15 heavy (non-hydrogen) atoms. The summed E-state index contributed by atoms with van der Waals surface area (Å²) in [7, 11) is 3.12. The van der Waals surface area contributed by atoms with E-state index in [9.17, 15) is 10.2 Å². The molecule has 0 aliphatic rings. The van der Waals surface area contributed by atoms with E-state index in [-0.39, 0.29) is 63.2 Å². The minimum atomic E-state index is -0.118.